The summed E-state index contributed by atoms with van der Waals surface area (Å²) in [4.78, 5) is 21.3. The van der Waals surface area contributed by atoms with E-state index in [1.807, 2.05) is 4.90 Å². The second-order valence-corrected chi connectivity index (χ2v) is 3.39. The molecule has 6 nitrogen and oxygen atoms in total. The first-order chi connectivity index (χ1) is 7.25. The number of carbonyl (C=O) groups is 1. The first-order valence-electron chi connectivity index (χ1n) is 4.85. The molecule has 6 heteroatoms. The summed E-state index contributed by atoms with van der Waals surface area (Å²) >= 11 is 0. The summed E-state index contributed by atoms with van der Waals surface area (Å²) in [6, 6.07) is 0. The van der Waals surface area contributed by atoms with Gasteiger partial charge < -0.3 is 16.0 Å². The molecule has 0 bridgehead atoms. The Balaban J connectivity index is 2.13. The Bertz CT molecular complexity index is 367. The van der Waals surface area contributed by atoms with Crippen LogP contribution in [0.1, 0.15) is 6.42 Å². The van der Waals surface area contributed by atoms with Gasteiger partial charge in [0.1, 0.15) is 11.6 Å². The Labute approximate surface area is 87.5 Å². The van der Waals surface area contributed by atoms with Crippen molar-refractivity contribution >= 4 is 17.5 Å². The Morgan fingerprint density at radius 1 is 1.40 bits per heavy atom. The lowest BCUT2D eigenvalue weighted by Gasteiger charge is -2.19. The van der Waals surface area contributed by atoms with Crippen molar-refractivity contribution in [3.8, 4) is 0 Å². The van der Waals surface area contributed by atoms with Crippen LogP contribution in [0.4, 0.5) is 11.6 Å². The molecule has 1 aromatic heterocycles. The number of hydrogen-bond acceptors (Lipinski definition) is 5. The van der Waals surface area contributed by atoms with Crippen molar-refractivity contribution in [2.24, 2.45) is 0 Å². The smallest absolute Gasteiger partial charge is 0.221 e. The highest BCUT2D eigenvalue weighted by atomic mass is 16.1. The zero-order chi connectivity index (χ0) is 10.7. The zero-order valence-electron chi connectivity index (χ0n) is 8.31. The zero-order valence-corrected chi connectivity index (χ0v) is 8.31. The van der Waals surface area contributed by atoms with Crippen LogP contribution in [0.25, 0.3) is 0 Å². The van der Waals surface area contributed by atoms with Gasteiger partial charge in [-0.05, 0) is 0 Å². The minimum absolute atomic E-state index is 0.0781. The van der Waals surface area contributed by atoms with E-state index in [0.717, 1.165) is 12.4 Å². The molecule has 0 saturated carbocycles. The molecule has 1 saturated heterocycles. The number of anilines is 2. The second kappa shape index (κ2) is 4.12. The van der Waals surface area contributed by atoms with Crippen molar-refractivity contribution in [1.82, 2.24) is 15.3 Å². The highest BCUT2D eigenvalue weighted by Crippen LogP contribution is 2.11. The molecule has 0 spiro atoms. The number of nitrogen functional groups attached to an aromatic ring is 1. The number of amides is 1. The average molecular weight is 207 g/mol. The van der Waals surface area contributed by atoms with E-state index in [9.17, 15) is 4.79 Å². The number of nitrogens with two attached hydrogens (primary N) is 1. The van der Waals surface area contributed by atoms with Crippen molar-refractivity contribution < 1.29 is 4.79 Å². The van der Waals surface area contributed by atoms with Crippen LogP contribution in [0.5, 0.6) is 0 Å². The molecule has 2 rings (SSSR count). The minimum Gasteiger partial charge on any atom is -0.382 e. The van der Waals surface area contributed by atoms with Crippen molar-refractivity contribution in [3.05, 3.63) is 12.4 Å². The maximum Gasteiger partial charge on any atom is 0.221 e. The van der Waals surface area contributed by atoms with Crippen LogP contribution >= 0.6 is 0 Å². The molecule has 1 aliphatic rings. The summed E-state index contributed by atoms with van der Waals surface area (Å²) in [6.45, 7) is 2.03. The first kappa shape index (κ1) is 9.70. The lowest BCUT2D eigenvalue weighted by atomic mass is 10.4. The van der Waals surface area contributed by atoms with Gasteiger partial charge in [0.2, 0.25) is 5.91 Å². The fourth-order valence-electron chi connectivity index (χ4n) is 1.52. The van der Waals surface area contributed by atoms with E-state index in [1.165, 1.54) is 6.20 Å². The molecule has 15 heavy (non-hydrogen) atoms. The van der Waals surface area contributed by atoms with E-state index in [1.54, 1.807) is 6.20 Å². The third kappa shape index (κ3) is 2.34. The van der Waals surface area contributed by atoms with Crippen molar-refractivity contribution in [2.75, 3.05) is 30.3 Å². The summed E-state index contributed by atoms with van der Waals surface area (Å²) in [7, 11) is 0. The van der Waals surface area contributed by atoms with Crippen molar-refractivity contribution in [2.45, 2.75) is 6.42 Å². The monoisotopic (exact) mass is 207 g/mol. The van der Waals surface area contributed by atoms with Gasteiger partial charge in [-0.25, -0.2) is 4.98 Å². The lowest BCUT2D eigenvalue weighted by Crippen LogP contribution is -2.29. The largest absolute Gasteiger partial charge is 0.382 e. The second-order valence-electron chi connectivity index (χ2n) is 3.39. The molecule has 1 aromatic rings. The van der Waals surface area contributed by atoms with Gasteiger partial charge in [-0.3, -0.25) is 9.78 Å². The molecule has 0 atom stereocenters. The number of rotatable bonds is 1. The van der Waals surface area contributed by atoms with Gasteiger partial charge in [-0.2, -0.15) is 0 Å². The molecule has 80 valence electrons. The standard InChI is InChI=1S/C9H13N5O/c10-7-5-11-6-8(13-7)14-3-1-9(15)12-2-4-14/h5-6H,1-4H2,(H2,10,13)(H,12,15). The molecule has 0 aliphatic carbocycles. The predicted molar refractivity (Wildman–Crippen MR) is 56.3 cm³/mol. The van der Waals surface area contributed by atoms with Gasteiger partial charge in [0.15, 0.2) is 0 Å². The minimum atomic E-state index is 0.0781. The van der Waals surface area contributed by atoms with E-state index in [-0.39, 0.29) is 5.91 Å². The van der Waals surface area contributed by atoms with E-state index >= 15 is 0 Å². The van der Waals surface area contributed by atoms with Crippen LogP contribution in [0.3, 0.4) is 0 Å². The molecule has 1 amide bonds. The average Bonchev–Trinajstić information content (AvgIpc) is 2.43. The molecular weight excluding hydrogens is 194 g/mol. The van der Waals surface area contributed by atoms with Crippen LogP contribution in [0, 0.1) is 0 Å². The Morgan fingerprint density at radius 3 is 3.07 bits per heavy atom. The van der Waals surface area contributed by atoms with Crippen LogP contribution in [-0.4, -0.2) is 35.5 Å². The fourth-order valence-corrected chi connectivity index (χ4v) is 1.52. The fraction of sp³-hybridized carbons (Fsp3) is 0.444. The summed E-state index contributed by atoms with van der Waals surface area (Å²) in [6.07, 6.45) is 3.65. The van der Waals surface area contributed by atoms with Crippen LogP contribution < -0.4 is 16.0 Å². The number of nitrogens with one attached hydrogen (secondary N) is 1. The first-order valence-corrected chi connectivity index (χ1v) is 4.85. The lowest BCUT2D eigenvalue weighted by molar-refractivity contribution is -0.120. The Hall–Kier alpha value is -1.85. The van der Waals surface area contributed by atoms with E-state index < -0.39 is 0 Å². The molecular formula is C9H13N5O. The molecule has 0 aromatic carbocycles. The van der Waals surface area contributed by atoms with Gasteiger partial charge in [0.25, 0.3) is 0 Å². The summed E-state index contributed by atoms with van der Waals surface area (Å²) in [5, 5.41) is 2.80. The molecule has 1 aliphatic heterocycles. The van der Waals surface area contributed by atoms with E-state index in [0.29, 0.717) is 25.3 Å². The van der Waals surface area contributed by atoms with Crippen LogP contribution in [0.2, 0.25) is 0 Å². The predicted octanol–water partition coefficient (Wildman–Crippen LogP) is -0.615. The highest BCUT2D eigenvalue weighted by molar-refractivity contribution is 5.77. The van der Waals surface area contributed by atoms with Crippen molar-refractivity contribution in [1.29, 1.82) is 0 Å². The Kier molecular flexibility index (Phi) is 2.66. The van der Waals surface area contributed by atoms with E-state index in [4.69, 9.17) is 5.73 Å². The number of hydrogen-bond donors (Lipinski definition) is 2. The van der Waals surface area contributed by atoms with Crippen LogP contribution in [-0.2, 0) is 4.79 Å². The van der Waals surface area contributed by atoms with Crippen molar-refractivity contribution in [3.63, 3.8) is 0 Å². The van der Waals surface area contributed by atoms with Crippen LogP contribution in [0.15, 0.2) is 12.4 Å². The van der Waals surface area contributed by atoms with Gasteiger partial charge in [0.05, 0.1) is 12.4 Å². The van der Waals surface area contributed by atoms with Gasteiger partial charge in [0, 0.05) is 26.1 Å². The number of carbonyl (C=O) groups excluding carboxylic acids is 1. The normalized spacial score (nSPS) is 17.1. The topological polar surface area (TPSA) is 84.1 Å². The third-order valence-electron chi connectivity index (χ3n) is 2.28. The maximum absolute atomic E-state index is 11.1. The highest BCUT2D eigenvalue weighted by Gasteiger charge is 2.14. The quantitative estimate of drug-likeness (QED) is 0.641. The summed E-state index contributed by atoms with van der Waals surface area (Å²) in [5.41, 5.74) is 5.55. The summed E-state index contributed by atoms with van der Waals surface area (Å²) < 4.78 is 0. The molecule has 0 radical (unpaired) electrons. The number of nitrogens with zero attached hydrogens (tertiary/aromatic N) is 3. The van der Waals surface area contributed by atoms with Gasteiger partial charge in [-0.15, -0.1) is 0 Å². The molecule has 3 N–H and O–H groups in total. The summed E-state index contributed by atoms with van der Waals surface area (Å²) in [5.74, 6) is 1.21. The SMILES string of the molecule is Nc1cncc(N2CCNC(=O)CC2)n1. The molecule has 0 unspecified atom stereocenters. The third-order valence-corrected chi connectivity index (χ3v) is 2.28. The Morgan fingerprint density at radius 2 is 2.27 bits per heavy atom. The molecule has 2 heterocycles. The maximum atomic E-state index is 11.1. The van der Waals surface area contributed by atoms with Gasteiger partial charge >= 0.3 is 0 Å². The molecule has 1 fully saturated rings. The van der Waals surface area contributed by atoms with Gasteiger partial charge in [-0.1, -0.05) is 0 Å². The number of aromatic nitrogens is 2. The van der Waals surface area contributed by atoms with E-state index in [2.05, 4.69) is 15.3 Å².